The summed E-state index contributed by atoms with van der Waals surface area (Å²) in [5.41, 5.74) is 0. The van der Waals surface area contributed by atoms with Crippen LogP contribution in [-0.4, -0.2) is 58.8 Å². The van der Waals surface area contributed by atoms with Gasteiger partial charge in [-0.2, -0.15) is 0 Å². The molecule has 0 aliphatic carbocycles. The fourth-order valence-corrected chi connectivity index (χ4v) is 2.41. The molecular weight excluding hydrogens is 286 g/mol. The Kier molecular flexibility index (Phi) is 9.31. The van der Waals surface area contributed by atoms with Gasteiger partial charge in [0.1, 0.15) is 18.3 Å². The van der Waals surface area contributed by atoms with Crippen LogP contribution in [0.4, 0.5) is 0 Å². The van der Waals surface area contributed by atoms with E-state index in [9.17, 15) is 15.0 Å². The van der Waals surface area contributed by atoms with Crippen LogP contribution in [0.5, 0.6) is 0 Å². The summed E-state index contributed by atoms with van der Waals surface area (Å²) < 4.78 is 5.22. The molecule has 1 fully saturated rings. The fraction of sp³-hybridized carbons (Fsp3) is 0.812. The number of rotatable bonds is 9. The van der Waals surface area contributed by atoms with E-state index in [2.05, 4.69) is 18.3 Å². The van der Waals surface area contributed by atoms with Crippen LogP contribution in [0.3, 0.4) is 0 Å². The third kappa shape index (κ3) is 6.44. The Labute approximate surface area is 132 Å². The standard InChI is InChI=1S/C16H29NO5/c1-2-3-4-5-6-7-8-9-14(19)17-12-11-22-13(10-18)16(21)15(12)20/h6-7,12-13,15-16,18,20-21H,2-5,8-11H2,1H3,(H,17,19)/b7-6-/t12-,13-,15-,16-/m1/s1. The molecule has 0 unspecified atom stereocenters. The number of amides is 1. The Balaban J connectivity index is 2.22. The van der Waals surface area contributed by atoms with Crippen molar-refractivity contribution in [1.29, 1.82) is 0 Å². The summed E-state index contributed by atoms with van der Waals surface area (Å²) in [4.78, 5) is 11.8. The molecule has 4 atom stereocenters. The number of hydrogen-bond donors (Lipinski definition) is 4. The molecule has 1 heterocycles. The average Bonchev–Trinajstić information content (AvgIpc) is 2.51. The van der Waals surface area contributed by atoms with Crippen molar-refractivity contribution in [2.24, 2.45) is 0 Å². The molecule has 1 amide bonds. The normalized spacial score (nSPS) is 28.9. The Morgan fingerprint density at radius 1 is 1.23 bits per heavy atom. The van der Waals surface area contributed by atoms with Crippen molar-refractivity contribution in [2.45, 2.75) is 69.8 Å². The molecule has 1 aliphatic rings. The highest BCUT2D eigenvalue weighted by Crippen LogP contribution is 2.15. The lowest BCUT2D eigenvalue weighted by Gasteiger charge is -2.37. The maximum Gasteiger partial charge on any atom is 0.220 e. The zero-order valence-corrected chi connectivity index (χ0v) is 13.3. The van der Waals surface area contributed by atoms with Gasteiger partial charge >= 0.3 is 0 Å². The predicted molar refractivity (Wildman–Crippen MR) is 83.3 cm³/mol. The molecule has 6 nitrogen and oxygen atoms in total. The van der Waals surface area contributed by atoms with Crippen molar-refractivity contribution in [3.8, 4) is 0 Å². The quantitative estimate of drug-likeness (QED) is 0.367. The van der Waals surface area contributed by atoms with Gasteiger partial charge < -0.3 is 25.4 Å². The van der Waals surface area contributed by atoms with E-state index in [1.54, 1.807) is 0 Å². The Hall–Kier alpha value is -0.950. The summed E-state index contributed by atoms with van der Waals surface area (Å²) in [6.45, 7) is 1.89. The van der Waals surface area contributed by atoms with E-state index in [0.717, 1.165) is 6.42 Å². The number of aliphatic hydroxyl groups excluding tert-OH is 3. The van der Waals surface area contributed by atoms with E-state index in [-0.39, 0.29) is 19.1 Å². The molecule has 0 saturated carbocycles. The van der Waals surface area contributed by atoms with E-state index in [0.29, 0.717) is 12.8 Å². The van der Waals surface area contributed by atoms with Crippen LogP contribution >= 0.6 is 0 Å². The van der Waals surface area contributed by atoms with Crippen LogP contribution in [0.25, 0.3) is 0 Å². The second-order valence-corrected chi connectivity index (χ2v) is 5.72. The van der Waals surface area contributed by atoms with Gasteiger partial charge in [-0.15, -0.1) is 0 Å². The molecular formula is C16H29NO5. The lowest BCUT2D eigenvalue weighted by Crippen LogP contribution is -2.59. The van der Waals surface area contributed by atoms with Crippen LogP contribution in [0.1, 0.15) is 45.4 Å². The van der Waals surface area contributed by atoms with Crippen molar-refractivity contribution in [1.82, 2.24) is 5.32 Å². The first-order chi connectivity index (χ1) is 10.6. The first-order valence-electron chi connectivity index (χ1n) is 8.13. The van der Waals surface area contributed by atoms with Gasteiger partial charge in [-0.05, 0) is 19.3 Å². The third-order valence-electron chi connectivity index (χ3n) is 3.84. The Morgan fingerprint density at radius 2 is 1.95 bits per heavy atom. The SMILES string of the molecule is CCCCC/C=C\CCC(=O)N[C@@H]1CO[C@H](CO)[C@@H](O)[C@@H]1O. The first-order valence-corrected chi connectivity index (χ1v) is 8.13. The predicted octanol–water partition coefficient (Wildman–Crippen LogP) is 0.501. The van der Waals surface area contributed by atoms with Gasteiger partial charge in [0, 0.05) is 6.42 Å². The number of nitrogens with one attached hydrogen (secondary N) is 1. The van der Waals surface area contributed by atoms with E-state index < -0.39 is 24.4 Å². The van der Waals surface area contributed by atoms with Crippen LogP contribution in [-0.2, 0) is 9.53 Å². The Morgan fingerprint density at radius 3 is 2.64 bits per heavy atom. The highest BCUT2D eigenvalue weighted by molar-refractivity contribution is 5.76. The second kappa shape index (κ2) is 10.7. The van der Waals surface area contributed by atoms with Crippen molar-refractivity contribution < 1.29 is 24.9 Å². The Bertz CT molecular complexity index is 347. The van der Waals surface area contributed by atoms with E-state index in [1.807, 2.05) is 6.08 Å². The molecule has 0 aromatic heterocycles. The molecule has 1 rings (SSSR count). The van der Waals surface area contributed by atoms with Crippen LogP contribution < -0.4 is 5.32 Å². The fourth-order valence-electron chi connectivity index (χ4n) is 2.41. The topological polar surface area (TPSA) is 99.0 Å². The van der Waals surface area contributed by atoms with Crippen molar-refractivity contribution in [3.63, 3.8) is 0 Å². The van der Waals surface area contributed by atoms with Gasteiger partial charge in [0.15, 0.2) is 0 Å². The highest BCUT2D eigenvalue weighted by Gasteiger charge is 2.38. The van der Waals surface area contributed by atoms with Crippen LogP contribution in [0.15, 0.2) is 12.2 Å². The van der Waals surface area contributed by atoms with Crippen LogP contribution in [0, 0.1) is 0 Å². The number of aliphatic hydroxyl groups is 3. The average molecular weight is 315 g/mol. The van der Waals surface area contributed by atoms with E-state index in [1.165, 1.54) is 19.3 Å². The highest BCUT2D eigenvalue weighted by atomic mass is 16.5. The molecule has 22 heavy (non-hydrogen) atoms. The summed E-state index contributed by atoms with van der Waals surface area (Å²) in [6.07, 6.45) is 6.62. The molecule has 0 radical (unpaired) electrons. The third-order valence-corrected chi connectivity index (χ3v) is 3.84. The number of allylic oxidation sites excluding steroid dienone is 2. The molecule has 1 saturated heterocycles. The molecule has 0 aromatic carbocycles. The number of hydrogen-bond acceptors (Lipinski definition) is 5. The summed E-state index contributed by atoms with van der Waals surface area (Å²) in [7, 11) is 0. The molecule has 0 aromatic rings. The van der Waals surface area contributed by atoms with Crippen molar-refractivity contribution in [2.75, 3.05) is 13.2 Å². The maximum atomic E-state index is 11.8. The zero-order chi connectivity index (χ0) is 16.4. The molecule has 128 valence electrons. The number of carbonyl (C=O) groups is 1. The summed E-state index contributed by atoms with van der Waals surface area (Å²) in [6, 6.07) is -0.640. The summed E-state index contributed by atoms with van der Waals surface area (Å²) in [5, 5.41) is 31.3. The lowest BCUT2D eigenvalue weighted by atomic mass is 9.98. The molecule has 0 bridgehead atoms. The van der Waals surface area contributed by atoms with Gasteiger partial charge in [0.05, 0.1) is 19.3 Å². The number of ether oxygens (including phenoxy) is 1. The van der Waals surface area contributed by atoms with Gasteiger partial charge in [0.2, 0.25) is 5.91 Å². The minimum atomic E-state index is -1.19. The summed E-state index contributed by atoms with van der Waals surface area (Å²) >= 11 is 0. The van der Waals surface area contributed by atoms with Gasteiger partial charge in [0.25, 0.3) is 0 Å². The minimum Gasteiger partial charge on any atom is -0.394 e. The van der Waals surface area contributed by atoms with Crippen molar-refractivity contribution >= 4 is 5.91 Å². The minimum absolute atomic E-state index is 0.0854. The summed E-state index contributed by atoms with van der Waals surface area (Å²) in [5.74, 6) is -0.180. The second-order valence-electron chi connectivity index (χ2n) is 5.72. The smallest absolute Gasteiger partial charge is 0.220 e. The molecule has 1 aliphatic heterocycles. The van der Waals surface area contributed by atoms with Gasteiger partial charge in [-0.1, -0.05) is 31.9 Å². The molecule has 0 spiro atoms. The van der Waals surface area contributed by atoms with Crippen LogP contribution in [0.2, 0.25) is 0 Å². The number of unbranched alkanes of at least 4 members (excludes halogenated alkanes) is 3. The zero-order valence-electron chi connectivity index (χ0n) is 13.3. The van der Waals surface area contributed by atoms with E-state index in [4.69, 9.17) is 9.84 Å². The van der Waals surface area contributed by atoms with Gasteiger partial charge in [-0.25, -0.2) is 0 Å². The number of carbonyl (C=O) groups excluding carboxylic acids is 1. The lowest BCUT2D eigenvalue weighted by molar-refractivity contribution is -0.164. The molecule has 6 heteroatoms. The van der Waals surface area contributed by atoms with Crippen molar-refractivity contribution in [3.05, 3.63) is 12.2 Å². The first kappa shape index (κ1) is 19.1. The van der Waals surface area contributed by atoms with E-state index >= 15 is 0 Å². The molecule has 4 N–H and O–H groups in total. The monoisotopic (exact) mass is 315 g/mol. The maximum absolute atomic E-state index is 11.8. The largest absolute Gasteiger partial charge is 0.394 e. The van der Waals surface area contributed by atoms with Gasteiger partial charge in [-0.3, -0.25) is 4.79 Å².